The molecule has 1 aliphatic heterocycles. The van der Waals surface area contributed by atoms with Gasteiger partial charge in [0.25, 0.3) is 0 Å². The van der Waals surface area contributed by atoms with E-state index in [-0.39, 0.29) is 6.04 Å². The van der Waals surface area contributed by atoms with Gasteiger partial charge in [0.15, 0.2) is 0 Å². The number of hydrogen-bond acceptors (Lipinski definition) is 3. The van der Waals surface area contributed by atoms with E-state index in [1.807, 2.05) is 7.05 Å². The summed E-state index contributed by atoms with van der Waals surface area (Å²) in [6.45, 7) is 1.37. The molecule has 1 fully saturated rings. The fourth-order valence-electron chi connectivity index (χ4n) is 1.52. The minimum absolute atomic E-state index is 0.105. The lowest BCUT2D eigenvalue weighted by Crippen LogP contribution is -2.54. The van der Waals surface area contributed by atoms with Gasteiger partial charge in [-0.3, -0.25) is 4.21 Å². The van der Waals surface area contributed by atoms with Crippen molar-refractivity contribution in [1.29, 1.82) is 0 Å². The summed E-state index contributed by atoms with van der Waals surface area (Å²) >= 11 is 0. The van der Waals surface area contributed by atoms with Crippen LogP contribution in [0.1, 0.15) is 6.42 Å². The Morgan fingerprint density at radius 2 is 2.23 bits per heavy atom. The molecule has 3 unspecified atom stereocenters. The van der Waals surface area contributed by atoms with Crippen LogP contribution in [0, 0.1) is 0 Å². The van der Waals surface area contributed by atoms with Crippen molar-refractivity contribution in [3.63, 3.8) is 0 Å². The molecule has 0 aromatic carbocycles. The highest BCUT2D eigenvalue weighted by Gasteiger charge is 2.25. The normalized spacial score (nSPS) is 34.0. The number of ether oxygens (including phenoxy) is 1. The van der Waals surface area contributed by atoms with Crippen molar-refractivity contribution in [2.24, 2.45) is 0 Å². The Bertz CT molecular complexity index is 251. The highest BCUT2D eigenvalue weighted by atomic mass is 32.2. The average Bonchev–Trinajstić information content (AvgIpc) is 2.02. The first-order valence-electron chi connectivity index (χ1n) is 4.37. The summed E-state index contributed by atoms with van der Waals surface area (Å²) in [6.07, 6.45) is 2.55. The Morgan fingerprint density at radius 1 is 1.54 bits per heavy atom. The number of rotatable bonds is 3. The smallest absolute Gasteiger partial charge is 0.0644 e. The molecule has 0 bridgehead atoms. The second-order valence-corrected chi connectivity index (χ2v) is 5.73. The summed E-state index contributed by atoms with van der Waals surface area (Å²) in [4.78, 5) is 0. The zero-order valence-corrected chi connectivity index (χ0v) is 9.02. The van der Waals surface area contributed by atoms with Gasteiger partial charge in [-0.05, 0) is 19.3 Å². The van der Waals surface area contributed by atoms with Gasteiger partial charge in [0.2, 0.25) is 0 Å². The van der Waals surface area contributed by atoms with Crippen molar-refractivity contribution in [2.45, 2.75) is 18.5 Å². The third-order valence-corrected chi connectivity index (χ3v) is 2.93. The molecule has 2 N–H and O–H groups in total. The van der Waals surface area contributed by atoms with Crippen molar-refractivity contribution in [1.82, 2.24) is 10.0 Å². The topological polar surface area (TPSA) is 50.4 Å². The first-order valence-corrected chi connectivity index (χ1v) is 6.51. The van der Waals surface area contributed by atoms with Gasteiger partial charge in [-0.15, -0.1) is 0 Å². The highest BCUT2D eigenvalue weighted by Crippen LogP contribution is 2.07. The number of nitrogens with one attached hydrogen (secondary N) is 2. The van der Waals surface area contributed by atoms with Crippen LogP contribution in [0.3, 0.4) is 0 Å². The SMILES string of the molecule is C=S(C)(=O)NC1COCCC1NC. The predicted molar refractivity (Wildman–Crippen MR) is 56.4 cm³/mol. The van der Waals surface area contributed by atoms with Crippen molar-refractivity contribution < 1.29 is 8.95 Å². The zero-order chi connectivity index (χ0) is 9.90. The van der Waals surface area contributed by atoms with Gasteiger partial charge < -0.3 is 10.1 Å². The monoisotopic (exact) mass is 206 g/mol. The van der Waals surface area contributed by atoms with Crippen LogP contribution in [0.4, 0.5) is 0 Å². The van der Waals surface area contributed by atoms with E-state index in [1.54, 1.807) is 6.26 Å². The Hall–Kier alpha value is -0.100. The second-order valence-electron chi connectivity index (χ2n) is 3.49. The van der Waals surface area contributed by atoms with Crippen molar-refractivity contribution in [3.05, 3.63) is 0 Å². The van der Waals surface area contributed by atoms with Crippen LogP contribution in [0.5, 0.6) is 0 Å². The standard InChI is InChI=1S/C8H18N2O2S/c1-9-7-4-5-12-6-8(7)10-13(2,3)11/h7-9H,2,4-6H2,1,3H3,(H,10,11). The zero-order valence-electron chi connectivity index (χ0n) is 8.21. The fraction of sp³-hybridized carbons (Fsp3) is 0.875. The Labute approximate surface area is 80.2 Å². The minimum atomic E-state index is -2.14. The summed E-state index contributed by atoms with van der Waals surface area (Å²) in [7, 11) is -0.229. The maximum absolute atomic E-state index is 11.4. The molecular formula is C8H18N2O2S. The van der Waals surface area contributed by atoms with Crippen LogP contribution in [-0.2, 0) is 14.4 Å². The van der Waals surface area contributed by atoms with Crippen LogP contribution in [0.15, 0.2) is 0 Å². The van der Waals surface area contributed by atoms with Crippen LogP contribution >= 0.6 is 0 Å². The van der Waals surface area contributed by atoms with Gasteiger partial charge in [0.1, 0.15) is 0 Å². The molecular weight excluding hydrogens is 188 g/mol. The molecule has 1 rings (SSSR count). The summed E-state index contributed by atoms with van der Waals surface area (Å²) in [6, 6.07) is 0.435. The molecule has 3 atom stereocenters. The summed E-state index contributed by atoms with van der Waals surface area (Å²) < 4.78 is 19.7. The Kier molecular flexibility index (Phi) is 3.73. The predicted octanol–water partition coefficient (Wildman–Crippen LogP) is -0.786. The summed E-state index contributed by atoms with van der Waals surface area (Å²) in [5.74, 6) is 3.57. The van der Waals surface area contributed by atoms with E-state index in [2.05, 4.69) is 15.9 Å². The third kappa shape index (κ3) is 3.64. The quantitative estimate of drug-likeness (QED) is 0.595. The third-order valence-electron chi connectivity index (χ3n) is 2.13. The molecule has 4 nitrogen and oxygen atoms in total. The van der Waals surface area contributed by atoms with Crippen LogP contribution in [0.2, 0.25) is 0 Å². The summed E-state index contributed by atoms with van der Waals surface area (Å²) in [5.41, 5.74) is 0. The van der Waals surface area contributed by atoms with Crippen LogP contribution in [0.25, 0.3) is 0 Å². The second kappa shape index (κ2) is 4.41. The molecule has 1 saturated heterocycles. The van der Waals surface area contributed by atoms with Gasteiger partial charge in [-0.1, -0.05) is 0 Å². The van der Waals surface area contributed by atoms with Crippen LogP contribution in [-0.4, -0.2) is 48.7 Å². The highest BCUT2D eigenvalue weighted by molar-refractivity contribution is 7.97. The van der Waals surface area contributed by atoms with E-state index in [0.717, 1.165) is 13.0 Å². The summed E-state index contributed by atoms with van der Waals surface area (Å²) in [5, 5.41) is 3.18. The maximum Gasteiger partial charge on any atom is 0.0644 e. The van der Waals surface area contributed by atoms with E-state index in [9.17, 15) is 4.21 Å². The molecule has 5 heteroatoms. The Morgan fingerprint density at radius 3 is 2.77 bits per heavy atom. The molecule has 0 aromatic heterocycles. The van der Waals surface area contributed by atoms with E-state index in [4.69, 9.17) is 4.74 Å². The molecule has 0 saturated carbocycles. The Balaban J connectivity index is 2.55. The van der Waals surface area contributed by atoms with E-state index in [1.165, 1.54) is 0 Å². The van der Waals surface area contributed by atoms with Gasteiger partial charge in [-0.2, -0.15) is 0 Å². The lowest BCUT2D eigenvalue weighted by atomic mass is 10.1. The molecule has 0 spiro atoms. The molecule has 78 valence electrons. The molecule has 0 aromatic rings. The largest absolute Gasteiger partial charge is 0.380 e. The van der Waals surface area contributed by atoms with E-state index in [0.29, 0.717) is 12.6 Å². The number of likely N-dealkylation sites (N-methyl/N-ethyl adjacent to an activating group) is 1. The first kappa shape index (κ1) is 11.0. The molecule has 0 amide bonds. The lowest BCUT2D eigenvalue weighted by Gasteiger charge is -2.32. The molecule has 0 aliphatic carbocycles. The van der Waals surface area contributed by atoms with Crippen molar-refractivity contribution in [3.8, 4) is 0 Å². The number of hydrogen-bond donors (Lipinski definition) is 2. The molecule has 1 aliphatic rings. The van der Waals surface area contributed by atoms with Gasteiger partial charge in [0, 0.05) is 28.6 Å². The first-order chi connectivity index (χ1) is 6.03. The minimum Gasteiger partial charge on any atom is -0.380 e. The molecule has 1 heterocycles. The molecule has 0 radical (unpaired) electrons. The average molecular weight is 206 g/mol. The maximum atomic E-state index is 11.4. The van der Waals surface area contributed by atoms with Gasteiger partial charge in [-0.25, -0.2) is 4.72 Å². The molecule has 13 heavy (non-hydrogen) atoms. The lowest BCUT2D eigenvalue weighted by molar-refractivity contribution is 0.0592. The van der Waals surface area contributed by atoms with Crippen molar-refractivity contribution >= 4 is 15.6 Å². The van der Waals surface area contributed by atoms with Gasteiger partial charge >= 0.3 is 0 Å². The van der Waals surface area contributed by atoms with E-state index >= 15 is 0 Å². The fourth-order valence-corrected chi connectivity index (χ4v) is 2.39. The van der Waals surface area contributed by atoms with E-state index < -0.39 is 9.71 Å². The van der Waals surface area contributed by atoms with Gasteiger partial charge in [0.05, 0.1) is 12.6 Å². The van der Waals surface area contributed by atoms with Crippen molar-refractivity contribution in [2.75, 3.05) is 26.5 Å². The van der Waals surface area contributed by atoms with Crippen LogP contribution < -0.4 is 10.0 Å².